The van der Waals surface area contributed by atoms with E-state index >= 15 is 0 Å². The number of nitrogens with two attached hydrogens (primary N) is 1. The summed E-state index contributed by atoms with van der Waals surface area (Å²) in [6.45, 7) is 5.95. The van der Waals surface area contributed by atoms with Gasteiger partial charge in [0.25, 0.3) is 0 Å². The summed E-state index contributed by atoms with van der Waals surface area (Å²) in [5.41, 5.74) is 7.80. The molecular weight excluding hydrogens is 274 g/mol. The predicted molar refractivity (Wildman–Crippen MR) is 81.8 cm³/mol. The van der Waals surface area contributed by atoms with Gasteiger partial charge in [-0.1, -0.05) is 38.3 Å². The Hall–Kier alpha value is -0.580. The van der Waals surface area contributed by atoms with Crippen LogP contribution in [-0.2, 0) is 11.3 Å². The van der Waals surface area contributed by atoms with E-state index in [2.05, 4.69) is 18.9 Å². The summed E-state index contributed by atoms with van der Waals surface area (Å²) in [6, 6.07) is -0.0582. The summed E-state index contributed by atoms with van der Waals surface area (Å²) < 4.78 is 7.04. The quantitative estimate of drug-likeness (QED) is 0.906. The van der Waals surface area contributed by atoms with E-state index < -0.39 is 0 Å². The van der Waals surface area contributed by atoms with E-state index in [4.69, 9.17) is 22.1 Å². The first-order chi connectivity index (χ1) is 9.47. The molecule has 1 aromatic rings. The summed E-state index contributed by atoms with van der Waals surface area (Å²) >= 11 is 6.33. The number of ether oxygens (including phenoxy) is 1. The van der Waals surface area contributed by atoms with Crippen molar-refractivity contribution in [2.75, 3.05) is 13.7 Å². The predicted octanol–water partition coefficient (Wildman–Crippen LogP) is 3.40. The van der Waals surface area contributed by atoms with Crippen molar-refractivity contribution in [3.05, 3.63) is 16.9 Å². The van der Waals surface area contributed by atoms with Gasteiger partial charge in [-0.3, -0.25) is 4.68 Å². The van der Waals surface area contributed by atoms with Crippen LogP contribution in [0.1, 0.15) is 51.3 Å². The number of aromatic nitrogens is 2. The Kier molecular flexibility index (Phi) is 5.10. The average molecular weight is 300 g/mol. The summed E-state index contributed by atoms with van der Waals surface area (Å²) in [4.78, 5) is 0. The van der Waals surface area contributed by atoms with Crippen molar-refractivity contribution < 1.29 is 4.74 Å². The Labute approximate surface area is 126 Å². The monoisotopic (exact) mass is 299 g/mol. The van der Waals surface area contributed by atoms with Crippen molar-refractivity contribution in [1.82, 2.24) is 9.78 Å². The van der Waals surface area contributed by atoms with Gasteiger partial charge in [-0.05, 0) is 24.2 Å². The largest absolute Gasteiger partial charge is 0.383 e. The maximum Gasteiger partial charge on any atom is 0.0834 e. The highest BCUT2D eigenvalue weighted by atomic mass is 35.5. The third-order valence-electron chi connectivity index (χ3n) is 4.68. The van der Waals surface area contributed by atoms with Crippen molar-refractivity contribution in [3.63, 3.8) is 0 Å². The molecule has 0 aromatic carbocycles. The lowest BCUT2D eigenvalue weighted by Crippen LogP contribution is -2.37. The van der Waals surface area contributed by atoms with Gasteiger partial charge in [0.2, 0.25) is 0 Å². The number of hydrogen-bond donors (Lipinski definition) is 1. The van der Waals surface area contributed by atoms with Crippen LogP contribution in [0.3, 0.4) is 0 Å². The third kappa shape index (κ3) is 3.18. The first kappa shape index (κ1) is 15.8. The molecule has 2 atom stereocenters. The van der Waals surface area contributed by atoms with Crippen LogP contribution < -0.4 is 5.73 Å². The molecule has 1 fully saturated rings. The smallest absolute Gasteiger partial charge is 0.0834 e. The average Bonchev–Trinajstić information content (AvgIpc) is 2.76. The highest BCUT2D eigenvalue weighted by Crippen LogP contribution is 2.46. The van der Waals surface area contributed by atoms with E-state index in [1.165, 1.54) is 25.7 Å². The Morgan fingerprint density at radius 2 is 2.30 bits per heavy atom. The molecule has 0 saturated heterocycles. The maximum absolute atomic E-state index is 6.58. The van der Waals surface area contributed by atoms with Gasteiger partial charge in [0.05, 0.1) is 36.1 Å². The molecule has 1 saturated carbocycles. The van der Waals surface area contributed by atoms with Crippen LogP contribution in [0.4, 0.5) is 0 Å². The number of hydrogen-bond acceptors (Lipinski definition) is 3. The molecule has 0 radical (unpaired) electrons. The van der Waals surface area contributed by atoms with Gasteiger partial charge in [0, 0.05) is 7.11 Å². The Balaban J connectivity index is 2.23. The molecule has 5 heteroatoms. The first-order valence-corrected chi connectivity index (χ1v) is 7.81. The fourth-order valence-corrected chi connectivity index (χ4v) is 3.70. The minimum atomic E-state index is -0.0582. The molecule has 1 heterocycles. The number of nitrogens with zero attached hydrogens (tertiary/aromatic N) is 2. The summed E-state index contributed by atoms with van der Waals surface area (Å²) in [5, 5.41) is 5.02. The molecule has 1 aromatic heterocycles. The van der Waals surface area contributed by atoms with E-state index in [0.29, 0.717) is 24.1 Å². The van der Waals surface area contributed by atoms with Crippen LogP contribution in [-0.4, -0.2) is 23.5 Å². The van der Waals surface area contributed by atoms with Crippen molar-refractivity contribution >= 4 is 11.6 Å². The number of rotatable bonds is 5. The molecule has 20 heavy (non-hydrogen) atoms. The van der Waals surface area contributed by atoms with Crippen LogP contribution in [0, 0.1) is 11.3 Å². The topological polar surface area (TPSA) is 53.1 Å². The zero-order chi connectivity index (χ0) is 14.8. The van der Waals surface area contributed by atoms with Crippen LogP contribution >= 0.6 is 11.6 Å². The van der Waals surface area contributed by atoms with Gasteiger partial charge < -0.3 is 10.5 Å². The minimum Gasteiger partial charge on any atom is -0.383 e. The van der Waals surface area contributed by atoms with Crippen molar-refractivity contribution in [1.29, 1.82) is 0 Å². The zero-order valence-electron chi connectivity index (χ0n) is 12.7. The van der Waals surface area contributed by atoms with Gasteiger partial charge in [-0.25, -0.2) is 0 Å². The summed E-state index contributed by atoms with van der Waals surface area (Å²) in [6.07, 6.45) is 6.65. The normalized spacial score (nSPS) is 23.8. The van der Waals surface area contributed by atoms with Crippen LogP contribution in [0.15, 0.2) is 6.20 Å². The Morgan fingerprint density at radius 3 is 2.95 bits per heavy atom. The van der Waals surface area contributed by atoms with Crippen LogP contribution in [0.5, 0.6) is 0 Å². The van der Waals surface area contributed by atoms with Crippen LogP contribution in [0.25, 0.3) is 0 Å². The lowest BCUT2D eigenvalue weighted by molar-refractivity contribution is 0.108. The van der Waals surface area contributed by atoms with Crippen molar-refractivity contribution in [3.8, 4) is 0 Å². The SMILES string of the molecule is COCCn1ncc(Cl)c1C(N)C1CCCCC1(C)C. The fourth-order valence-electron chi connectivity index (χ4n) is 3.44. The molecule has 1 aliphatic rings. The van der Waals surface area contributed by atoms with Gasteiger partial charge in [-0.2, -0.15) is 5.10 Å². The molecular formula is C15H26ClN3O. The molecule has 4 nitrogen and oxygen atoms in total. The molecule has 2 N–H and O–H groups in total. The molecule has 2 unspecified atom stereocenters. The second-order valence-electron chi connectivity index (χ2n) is 6.46. The van der Waals surface area contributed by atoms with Gasteiger partial charge >= 0.3 is 0 Å². The highest BCUT2D eigenvalue weighted by molar-refractivity contribution is 6.31. The molecule has 0 spiro atoms. The molecule has 2 rings (SSSR count). The molecule has 0 amide bonds. The second-order valence-corrected chi connectivity index (χ2v) is 6.87. The van der Waals surface area contributed by atoms with Crippen molar-refractivity contribution in [2.24, 2.45) is 17.1 Å². The summed E-state index contributed by atoms with van der Waals surface area (Å²) in [5.74, 6) is 0.451. The van der Waals surface area contributed by atoms with Gasteiger partial charge in [0.1, 0.15) is 0 Å². The molecule has 1 aliphatic carbocycles. The van der Waals surface area contributed by atoms with E-state index in [9.17, 15) is 0 Å². The molecule has 114 valence electrons. The second kappa shape index (κ2) is 6.46. The number of methoxy groups -OCH3 is 1. The highest BCUT2D eigenvalue weighted by Gasteiger charge is 2.38. The van der Waals surface area contributed by atoms with E-state index in [-0.39, 0.29) is 11.5 Å². The Bertz CT molecular complexity index is 444. The maximum atomic E-state index is 6.58. The third-order valence-corrected chi connectivity index (χ3v) is 4.97. The first-order valence-electron chi connectivity index (χ1n) is 7.43. The van der Waals surface area contributed by atoms with Gasteiger partial charge in [-0.15, -0.1) is 0 Å². The lowest BCUT2D eigenvalue weighted by Gasteiger charge is -2.42. The fraction of sp³-hybridized carbons (Fsp3) is 0.800. The minimum absolute atomic E-state index is 0.0582. The summed E-state index contributed by atoms with van der Waals surface area (Å²) in [7, 11) is 1.69. The molecule has 0 aliphatic heterocycles. The standard InChI is InChI=1S/C15H26ClN3O/c1-15(2)7-5-4-6-11(15)13(17)14-12(16)10-18-19(14)8-9-20-3/h10-11,13H,4-9,17H2,1-3H3. The lowest BCUT2D eigenvalue weighted by atomic mass is 9.65. The van der Waals surface area contributed by atoms with Gasteiger partial charge in [0.15, 0.2) is 0 Å². The number of halogens is 1. The van der Waals surface area contributed by atoms with E-state index in [1.54, 1.807) is 13.3 Å². The van der Waals surface area contributed by atoms with Crippen LogP contribution in [0.2, 0.25) is 5.02 Å². The van der Waals surface area contributed by atoms with E-state index in [0.717, 1.165) is 5.69 Å². The Morgan fingerprint density at radius 1 is 1.55 bits per heavy atom. The zero-order valence-corrected chi connectivity index (χ0v) is 13.5. The van der Waals surface area contributed by atoms with E-state index in [1.807, 2.05) is 4.68 Å². The van der Waals surface area contributed by atoms with Crippen molar-refractivity contribution in [2.45, 2.75) is 52.1 Å². The molecule has 0 bridgehead atoms.